The number of fused-ring (bicyclic) bond motifs is 1. The number of ether oxygens (including phenoxy) is 1. The Bertz CT molecular complexity index is 734. The number of hydrogen-bond acceptors (Lipinski definition) is 6. The van der Waals surface area contributed by atoms with Crippen LogP contribution in [0.3, 0.4) is 0 Å². The average Bonchev–Trinajstić information content (AvgIpc) is 2.98. The maximum absolute atomic E-state index is 12.0. The molecule has 0 aromatic carbocycles. The fourth-order valence-electron chi connectivity index (χ4n) is 2.83. The van der Waals surface area contributed by atoms with Crippen molar-refractivity contribution in [1.29, 1.82) is 0 Å². The molecule has 0 spiro atoms. The Hall–Kier alpha value is -1.77. The van der Waals surface area contributed by atoms with Crippen molar-refractivity contribution in [2.75, 3.05) is 26.8 Å². The summed E-state index contributed by atoms with van der Waals surface area (Å²) < 4.78 is 6.38. The lowest BCUT2D eigenvalue weighted by atomic mass is 10.0. The maximum atomic E-state index is 12.0. The van der Waals surface area contributed by atoms with E-state index in [1.165, 1.54) is 18.4 Å². The number of rotatable bonds is 5. The van der Waals surface area contributed by atoms with Crippen LogP contribution in [0.4, 0.5) is 0 Å². The van der Waals surface area contributed by atoms with Crippen molar-refractivity contribution in [2.45, 2.75) is 25.4 Å². The van der Waals surface area contributed by atoms with Crippen molar-refractivity contribution in [2.24, 2.45) is 0 Å². The third-order valence-corrected chi connectivity index (χ3v) is 4.73. The maximum Gasteiger partial charge on any atom is 0.258 e. The van der Waals surface area contributed by atoms with Crippen LogP contribution in [0.1, 0.15) is 18.5 Å². The smallest absolute Gasteiger partial charge is 0.258 e. The Kier molecular flexibility index (Phi) is 5.04. The van der Waals surface area contributed by atoms with E-state index in [0.29, 0.717) is 6.54 Å². The molecule has 1 fully saturated rings. The fourth-order valence-corrected chi connectivity index (χ4v) is 3.57. The van der Waals surface area contributed by atoms with E-state index >= 15 is 0 Å². The number of nitrogens with one attached hydrogen (secondary N) is 1. The van der Waals surface area contributed by atoms with Gasteiger partial charge >= 0.3 is 0 Å². The second-order valence-corrected chi connectivity index (χ2v) is 6.57. The van der Waals surface area contributed by atoms with Crippen molar-refractivity contribution < 1.29 is 9.53 Å². The number of likely N-dealkylation sites (tertiary alicyclic amines) is 1. The normalized spacial score (nSPS) is 16.7. The quantitative estimate of drug-likeness (QED) is 0.860. The minimum Gasteiger partial charge on any atom is -0.375 e. The Morgan fingerprint density at radius 1 is 1.48 bits per heavy atom. The van der Waals surface area contributed by atoms with Crippen LogP contribution in [0, 0.1) is 0 Å². The Morgan fingerprint density at radius 2 is 2.26 bits per heavy atom. The molecule has 1 saturated heterocycles. The van der Waals surface area contributed by atoms with Crippen molar-refractivity contribution in [3.05, 3.63) is 33.7 Å². The lowest BCUT2D eigenvalue weighted by Gasteiger charge is -2.32. The van der Waals surface area contributed by atoms with Crippen LogP contribution in [-0.4, -0.2) is 53.0 Å². The molecule has 1 N–H and O–H groups in total. The van der Waals surface area contributed by atoms with Crippen LogP contribution in [-0.2, 0) is 16.1 Å². The molecule has 8 heteroatoms. The summed E-state index contributed by atoms with van der Waals surface area (Å²) in [5.74, 6) is -0.0659. The van der Waals surface area contributed by atoms with Gasteiger partial charge in [-0.05, 0) is 12.8 Å². The van der Waals surface area contributed by atoms with Gasteiger partial charge in [0, 0.05) is 50.4 Å². The minimum absolute atomic E-state index is 0.0343. The fraction of sp³-hybridized carbons (Fsp3) is 0.533. The molecule has 1 aliphatic heterocycles. The molecule has 124 valence electrons. The highest BCUT2D eigenvalue weighted by Crippen LogP contribution is 2.14. The van der Waals surface area contributed by atoms with Gasteiger partial charge in [0.15, 0.2) is 4.96 Å². The predicted molar refractivity (Wildman–Crippen MR) is 87.7 cm³/mol. The number of carbonyl (C=O) groups excluding carboxylic acids is 1. The number of nitrogens with zero attached hydrogens (tertiary/aromatic N) is 3. The molecule has 0 bridgehead atoms. The molecule has 1 amide bonds. The second-order valence-electron chi connectivity index (χ2n) is 5.69. The van der Waals surface area contributed by atoms with Crippen molar-refractivity contribution >= 4 is 22.2 Å². The van der Waals surface area contributed by atoms with Crippen LogP contribution in [0.15, 0.2) is 22.4 Å². The van der Waals surface area contributed by atoms with Gasteiger partial charge in [0.1, 0.15) is 6.61 Å². The molecule has 7 nitrogen and oxygen atoms in total. The second kappa shape index (κ2) is 7.20. The van der Waals surface area contributed by atoms with Crippen LogP contribution < -0.4 is 10.9 Å². The SMILES string of the molecule is COCC(=O)NC1CCN(Cc2cc(=O)n3ccsc3n2)CC1. The first-order valence-electron chi connectivity index (χ1n) is 7.62. The molecule has 0 unspecified atom stereocenters. The number of amides is 1. The van der Waals surface area contributed by atoms with E-state index in [0.717, 1.165) is 36.6 Å². The van der Waals surface area contributed by atoms with Gasteiger partial charge < -0.3 is 10.1 Å². The number of piperidine rings is 1. The number of aromatic nitrogens is 2. The van der Waals surface area contributed by atoms with Crippen LogP contribution in [0.5, 0.6) is 0 Å². The molecule has 2 aromatic rings. The summed E-state index contributed by atoms with van der Waals surface area (Å²) in [4.78, 5) is 31.0. The topological polar surface area (TPSA) is 75.9 Å². The van der Waals surface area contributed by atoms with Crippen LogP contribution in [0.2, 0.25) is 0 Å². The molecule has 0 saturated carbocycles. The van der Waals surface area contributed by atoms with E-state index in [-0.39, 0.29) is 24.1 Å². The Balaban J connectivity index is 1.55. The van der Waals surface area contributed by atoms with Crippen LogP contribution in [0.25, 0.3) is 4.96 Å². The molecule has 3 heterocycles. The molecule has 0 radical (unpaired) electrons. The van der Waals surface area contributed by atoms with E-state index in [4.69, 9.17) is 4.74 Å². The Morgan fingerprint density at radius 3 is 3.00 bits per heavy atom. The number of methoxy groups -OCH3 is 1. The summed E-state index contributed by atoms with van der Waals surface area (Å²) in [5, 5.41) is 4.84. The summed E-state index contributed by atoms with van der Waals surface area (Å²) in [6.45, 7) is 2.53. The summed E-state index contributed by atoms with van der Waals surface area (Å²) in [7, 11) is 1.52. The monoisotopic (exact) mass is 336 g/mol. The minimum atomic E-state index is -0.0659. The van der Waals surface area contributed by atoms with Crippen molar-refractivity contribution in [3.8, 4) is 0 Å². The highest BCUT2D eigenvalue weighted by atomic mass is 32.1. The summed E-state index contributed by atoms with van der Waals surface area (Å²) in [6.07, 6.45) is 3.54. The molecule has 3 rings (SSSR count). The van der Waals surface area contributed by atoms with Crippen LogP contribution >= 0.6 is 11.3 Å². The molecular weight excluding hydrogens is 316 g/mol. The summed E-state index contributed by atoms with van der Waals surface area (Å²) in [5.41, 5.74) is 0.771. The standard InChI is InChI=1S/C15H20N4O3S/c1-22-10-13(20)16-11-2-4-18(5-3-11)9-12-8-14(21)19-6-7-23-15(19)17-12/h6-8,11H,2-5,9-10H2,1H3,(H,16,20). The van der Waals surface area contributed by atoms with E-state index in [1.807, 2.05) is 5.38 Å². The van der Waals surface area contributed by atoms with Gasteiger partial charge in [-0.3, -0.25) is 18.9 Å². The third kappa shape index (κ3) is 3.95. The first-order chi connectivity index (χ1) is 11.2. The zero-order chi connectivity index (χ0) is 16.2. The largest absolute Gasteiger partial charge is 0.375 e. The van der Waals surface area contributed by atoms with Gasteiger partial charge in [0.05, 0.1) is 5.69 Å². The van der Waals surface area contributed by atoms with Crippen molar-refractivity contribution in [1.82, 2.24) is 19.6 Å². The van der Waals surface area contributed by atoms with E-state index in [9.17, 15) is 9.59 Å². The van der Waals surface area contributed by atoms with E-state index < -0.39 is 0 Å². The first kappa shape index (κ1) is 16.1. The average molecular weight is 336 g/mol. The molecule has 0 aliphatic carbocycles. The van der Waals surface area contributed by atoms with Gasteiger partial charge in [0.25, 0.3) is 5.56 Å². The zero-order valence-corrected chi connectivity index (χ0v) is 13.8. The van der Waals surface area contributed by atoms with Gasteiger partial charge in [-0.25, -0.2) is 4.98 Å². The third-order valence-electron chi connectivity index (χ3n) is 3.97. The molecule has 2 aromatic heterocycles. The van der Waals surface area contributed by atoms with E-state index in [1.54, 1.807) is 16.7 Å². The predicted octanol–water partition coefficient (Wildman–Crippen LogP) is 0.483. The zero-order valence-electron chi connectivity index (χ0n) is 13.0. The summed E-state index contributed by atoms with van der Waals surface area (Å²) >= 11 is 1.46. The molecule has 1 aliphatic rings. The molecule has 23 heavy (non-hydrogen) atoms. The van der Waals surface area contributed by atoms with Gasteiger partial charge in [-0.15, -0.1) is 11.3 Å². The van der Waals surface area contributed by atoms with E-state index in [2.05, 4.69) is 15.2 Å². The lowest BCUT2D eigenvalue weighted by molar-refractivity contribution is -0.125. The number of hydrogen-bond donors (Lipinski definition) is 1. The molecular formula is C15H20N4O3S. The van der Waals surface area contributed by atoms with Gasteiger partial charge in [-0.2, -0.15) is 0 Å². The van der Waals surface area contributed by atoms with Gasteiger partial charge in [0.2, 0.25) is 5.91 Å². The highest BCUT2D eigenvalue weighted by Gasteiger charge is 2.21. The van der Waals surface area contributed by atoms with Gasteiger partial charge in [-0.1, -0.05) is 0 Å². The Labute approximate surface area is 137 Å². The molecule has 0 atom stereocenters. The highest BCUT2D eigenvalue weighted by molar-refractivity contribution is 7.15. The lowest BCUT2D eigenvalue weighted by Crippen LogP contribution is -2.45. The number of carbonyl (C=O) groups is 1. The number of thiazole rings is 1. The summed E-state index contributed by atoms with van der Waals surface area (Å²) in [6, 6.07) is 1.80. The van der Waals surface area contributed by atoms with Crippen molar-refractivity contribution in [3.63, 3.8) is 0 Å². The first-order valence-corrected chi connectivity index (χ1v) is 8.50.